The quantitative estimate of drug-likeness (QED) is 0.589. The van der Waals surface area contributed by atoms with Crippen LogP contribution in [0, 0.1) is 10.1 Å². The molecule has 15 heavy (non-hydrogen) atoms. The molecule has 0 fully saturated rings. The number of carbonyl (C=O) groups is 1. The number of hydrogen-bond donors (Lipinski definition) is 1. The predicted octanol–water partition coefficient (Wildman–Crippen LogP) is 2.25. The molecule has 1 heterocycles. The van der Waals surface area contributed by atoms with Crippen LogP contribution in [0.2, 0.25) is 5.02 Å². The Morgan fingerprint density at radius 3 is 2.87 bits per heavy atom. The van der Waals surface area contributed by atoms with Crippen molar-refractivity contribution >= 4 is 28.8 Å². The van der Waals surface area contributed by atoms with Crippen LogP contribution in [0.4, 0.5) is 11.4 Å². The summed E-state index contributed by atoms with van der Waals surface area (Å²) in [5, 5.41) is 13.7. The van der Waals surface area contributed by atoms with Crippen molar-refractivity contribution in [2.75, 3.05) is 11.9 Å². The van der Waals surface area contributed by atoms with Crippen LogP contribution in [0.15, 0.2) is 12.1 Å². The molecule has 0 aromatic heterocycles. The summed E-state index contributed by atoms with van der Waals surface area (Å²) < 4.78 is 0. The lowest BCUT2D eigenvalue weighted by atomic mass is 10.0. The van der Waals surface area contributed by atoms with E-state index in [2.05, 4.69) is 5.32 Å². The summed E-state index contributed by atoms with van der Waals surface area (Å²) in [5.74, 6) is -0.116. The molecule has 1 aromatic rings. The monoisotopic (exact) mass is 226 g/mol. The van der Waals surface area contributed by atoms with Gasteiger partial charge in [-0.25, -0.2) is 0 Å². The molecule has 1 N–H and O–H groups in total. The van der Waals surface area contributed by atoms with Crippen molar-refractivity contribution in [3.63, 3.8) is 0 Å². The number of nitro benzene ring substituents is 1. The molecule has 6 heteroatoms. The number of rotatable bonds is 1. The van der Waals surface area contributed by atoms with E-state index in [1.54, 1.807) is 0 Å². The molecule has 1 aliphatic heterocycles. The van der Waals surface area contributed by atoms with Crippen LogP contribution in [0.3, 0.4) is 0 Å². The van der Waals surface area contributed by atoms with Crippen molar-refractivity contribution in [2.24, 2.45) is 0 Å². The molecule has 1 aliphatic rings. The minimum Gasteiger partial charge on any atom is -0.383 e. The first kappa shape index (κ1) is 9.92. The number of anilines is 1. The lowest BCUT2D eigenvalue weighted by molar-refractivity contribution is -0.384. The summed E-state index contributed by atoms with van der Waals surface area (Å²) in [5.41, 5.74) is 0.648. The highest BCUT2D eigenvalue weighted by atomic mass is 35.5. The highest BCUT2D eigenvalue weighted by molar-refractivity contribution is 6.34. The number of carbonyl (C=O) groups excluding carboxylic acids is 1. The van der Waals surface area contributed by atoms with E-state index in [0.29, 0.717) is 24.2 Å². The van der Waals surface area contributed by atoms with Crippen LogP contribution in [0.5, 0.6) is 0 Å². The van der Waals surface area contributed by atoms with E-state index >= 15 is 0 Å². The van der Waals surface area contributed by atoms with Crippen LogP contribution in [-0.4, -0.2) is 17.3 Å². The molecular formula is C9H7ClN2O3. The minimum absolute atomic E-state index is 0.116. The molecule has 0 aliphatic carbocycles. The molecular weight excluding hydrogens is 220 g/mol. The van der Waals surface area contributed by atoms with Gasteiger partial charge in [0.25, 0.3) is 5.69 Å². The minimum atomic E-state index is -0.561. The van der Waals surface area contributed by atoms with Gasteiger partial charge < -0.3 is 5.32 Å². The van der Waals surface area contributed by atoms with Gasteiger partial charge in [-0.05, 0) is 0 Å². The Bertz CT molecular complexity index is 459. The van der Waals surface area contributed by atoms with Crippen LogP contribution in [0.25, 0.3) is 0 Å². The zero-order chi connectivity index (χ0) is 11.0. The standard InChI is InChI=1S/C9H7ClN2O3/c10-7-4-5(12(14)15)3-6-8(13)1-2-11-9(6)7/h3-4,11H,1-2H2. The number of non-ortho nitro benzene ring substituents is 1. The normalized spacial score (nSPS) is 14.3. The Morgan fingerprint density at radius 1 is 1.47 bits per heavy atom. The van der Waals surface area contributed by atoms with E-state index < -0.39 is 4.92 Å². The van der Waals surface area contributed by atoms with Crippen LogP contribution < -0.4 is 5.32 Å². The van der Waals surface area contributed by atoms with Gasteiger partial charge in [-0.1, -0.05) is 11.6 Å². The highest BCUT2D eigenvalue weighted by Crippen LogP contribution is 2.33. The van der Waals surface area contributed by atoms with Gasteiger partial charge in [0.2, 0.25) is 0 Å². The van der Waals surface area contributed by atoms with E-state index in [1.165, 1.54) is 12.1 Å². The molecule has 0 saturated heterocycles. The fourth-order valence-corrected chi connectivity index (χ4v) is 1.81. The number of hydrogen-bond acceptors (Lipinski definition) is 4. The van der Waals surface area contributed by atoms with E-state index in [1.807, 2.05) is 0 Å². The zero-order valence-corrected chi connectivity index (χ0v) is 8.37. The molecule has 2 rings (SSSR count). The maximum atomic E-state index is 11.5. The SMILES string of the molecule is O=C1CCNc2c(Cl)cc([N+](=O)[O-])cc21. The summed E-state index contributed by atoms with van der Waals surface area (Å²) in [4.78, 5) is 21.5. The fourth-order valence-electron chi connectivity index (χ4n) is 1.53. The van der Waals surface area contributed by atoms with Crippen molar-refractivity contribution in [2.45, 2.75) is 6.42 Å². The van der Waals surface area contributed by atoms with Gasteiger partial charge in [-0.2, -0.15) is 0 Å². The highest BCUT2D eigenvalue weighted by Gasteiger charge is 2.23. The average Bonchev–Trinajstić information content (AvgIpc) is 2.19. The number of fused-ring (bicyclic) bond motifs is 1. The number of nitrogens with one attached hydrogen (secondary N) is 1. The van der Waals surface area contributed by atoms with Gasteiger partial charge in [0.15, 0.2) is 5.78 Å². The number of Topliss-reactive ketones (excluding diaryl/α,β-unsaturated/α-hetero) is 1. The Kier molecular flexibility index (Phi) is 2.32. The van der Waals surface area contributed by atoms with Crippen LogP contribution in [0.1, 0.15) is 16.8 Å². The molecule has 0 atom stereocenters. The van der Waals surface area contributed by atoms with Gasteiger partial charge in [0.05, 0.1) is 15.6 Å². The smallest absolute Gasteiger partial charge is 0.271 e. The number of nitro groups is 1. The topological polar surface area (TPSA) is 72.2 Å². The van der Waals surface area contributed by atoms with Crippen LogP contribution in [-0.2, 0) is 0 Å². The Balaban J connectivity index is 2.61. The van der Waals surface area contributed by atoms with E-state index in [-0.39, 0.29) is 16.5 Å². The molecule has 78 valence electrons. The van der Waals surface area contributed by atoms with Crippen molar-refractivity contribution in [3.05, 3.63) is 32.8 Å². The van der Waals surface area contributed by atoms with Crippen molar-refractivity contribution in [3.8, 4) is 0 Å². The molecule has 1 aromatic carbocycles. The molecule has 0 bridgehead atoms. The second-order valence-electron chi connectivity index (χ2n) is 3.21. The van der Waals surface area contributed by atoms with Gasteiger partial charge in [-0.3, -0.25) is 14.9 Å². The Hall–Kier alpha value is -1.62. The average molecular weight is 227 g/mol. The lowest BCUT2D eigenvalue weighted by Gasteiger charge is -2.17. The summed E-state index contributed by atoms with van der Waals surface area (Å²) in [6.07, 6.45) is 0.338. The maximum absolute atomic E-state index is 11.5. The third-order valence-electron chi connectivity index (χ3n) is 2.24. The predicted molar refractivity (Wildman–Crippen MR) is 55.5 cm³/mol. The first-order valence-corrected chi connectivity index (χ1v) is 4.72. The second-order valence-corrected chi connectivity index (χ2v) is 3.61. The van der Waals surface area contributed by atoms with E-state index in [0.717, 1.165) is 0 Å². The number of ketones is 1. The molecule has 0 unspecified atom stereocenters. The Morgan fingerprint density at radius 2 is 2.20 bits per heavy atom. The third-order valence-corrected chi connectivity index (χ3v) is 2.54. The van der Waals surface area contributed by atoms with Crippen LogP contribution >= 0.6 is 11.6 Å². The van der Waals surface area contributed by atoms with Gasteiger partial charge >= 0.3 is 0 Å². The largest absolute Gasteiger partial charge is 0.383 e. The first-order chi connectivity index (χ1) is 7.09. The van der Waals surface area contributed by atoms with Gasteiger partial charge in [0.1, 0.15) is 0 Å². The lowest BCUT2D eigenvalue weighted by Crippen LogP contribution is -2.18. The molecule has 0 spiro atoms. The number of benzene rings is 1. The molecule has 0 radical (unpaired) electrons. The van der Waals surface area contributed by atoms with E-state index in [4.69, 9.17) is 11.6 Å². The number of halogens is 1. The van der Waals surface area contributed by atoms with Crippen molar-refractivity contribution < 1.29 is 9.72 Å². The van der Waals surface area contributed by atoms with Gasteiger partial charge in [-0.15, -0.1) is 0 Å². The summed E-state index contributed by atoms with van der Waals surface area (Å²) in [6, 6.07) is 2.50. The van der Waals surface area contributed by atoms with Gasteiger partial charge in [0, 0.05) is 30.7 Å². The summed E-state index contributed by atoms with van der Waals surface area (Å²) >= 11 is 5.84. The number of nitrogens with zero attached hydrogens (tertiary/aromatic N) is 1. The van der Waals surface area contributed by atoms with Crippen molar-refractivity contribution in [1.29, 1.82) is 0 Å². The summed E-state index contributed by atoms with van der Waals surface area (Å²) in [7, 11) is 0. The molecule has 5 nitrogen and oxygen atoms in total. The zero-order valence-electron chi connectivity index (χ0n) is 7.62. The molecule has 0 amide bonds. The maximum Gasteiger partial charge on any atom is 0.271 e. The molecule has 0 saturated carbocycles. The fraction of sp³-hybridized carbons (Fsp3) is 0.222. The Labute approximate surface area is 90.2 Å². The second kappa shape index (κ2) is 3.51. The van der Waals surface area contributed by atoms with E-state index in [9.17, 15) is 14.9 Å². The van der Waals surface area contributed by atoms with Crippen molar-refractivity contribution in [1.82, 2.24) is 0 Å². The first-order valence-electron chi connectivity index (χ1n) is 4.34. The summed E-state index contributed by atoms with van der Waals surface area (Å²) in [6.45, 7) is 0.517. The third kappa shape index (κ3) is 1.66.